The summed E-state index contributed by atoms with van der Waals surface area (Å²) in [7, 11) is 0. The van der Waals surface area contributed by atoms with Gasteiger partial charge < -0.3 is 29.9 Å². The molecule has 12 heteroatoms. The summed E-state index contributed by atoms with van der Waals surface area (Å²) >= 11 is 0. The minimum atomic E-state index is 0.906. The number of nitrogens with one attached hydrogen (secondary N) is 6. The van der Waals surface area contributed by atoms with E-state index >= 15 is 0 Å². The van der Waals surface area contributed by atoms with Gasteiger partial charge in [0.05, 0.1) is 68.3 Å². The quantitative estimate of drug-likeness (QED) is 0.0711. The number of fused-ring (bicyclic) bond motifs is 24. The number of rotatable bonds is 12. The Kier molecular flexibility index (Phi) is 22.8. The second-order valence-electron chi connectivity index (χ2n) is 35.9. The molecule has 6 aliphatic rings. The van der Waals surface area contributed by atoms with Crippen LogP contribution in [0.25, 0.3) is 273 Å². The number of benzene rings is 12. The van der Waals surface area contributed by atoms with Gasteiger partial charge in [-0.1, -0.05) is 364 Å². The summed E-state index contributed by atoms with van der Waals surface area (Å²) in [5.74, 6) is 0. The number of hydrogen-bond acceptors (Lipinski definition) is 6. The SMILES string of the molecule is C1=Cc2nc1c(-c1ccccc1)c1ccc([nH]1)c(-c1ccccc1)c1nc(c(-c3ccccc3)c3ccc([nH]3)c2-c2ccccc2)C=C1.C1=Cc2nc1c(-c1ccccc1)c1ccc([nH]1)c(-c1ccccc1)c1nc(c(-c3ccccc3)c3ccc([nH]3)c2-c2ccccc2)C=C1.C1=Cc2nc1c(-c1ccccc1)c1ccc([nH]1)c(-c1ccccc1)c1nc(c(-c3ccccc3)c3ccc([nH]3)c2-c2ccccc2)C=C1. The maximum absolute atomic E-state index is 5.35. The Morgan fingerprint density at radius 1 is 0.0903 bits per heavy atom. The number of aromatic nitrogens is 12. The Balaban J connectivity index is 0.000000113. The molecule has 24 bridgehead atoms. The van der Waals surface area contributed by atoms with E-state index in [-0.39, 0.29) is 0 Å². The highest BCUT2D eigenvalue weighted by atomic mass is 14.8. The van der Waals surface area contributed by atoms with Crippen molar-refractivity contribution in [2.75, 3.05) is 0 Å². The van der Waals surface area contributed by atoms with E-state index in [1.807, 2.05) is 72.8 Å². The van der Waals surface area contributed by atoms with Crippen molar-refractivity contribution in [3.05, 3.63) is 505 Å². The molecule has 0 spiro atoms. The molecule has 9 aromatic heterocycles. The van der Waals surface area contributed by atoms with E-state index in [0.717, 1.165) is 268 Å². The van der Waals surface area contributed by atoms with E-state index in [1.54, 1.807) is 0 Å². The van der Waals surface area contributed by atoms with Crippen molar-refractivity contribution in [2.24, 2.45) is 0 Å². The lowest BCUT2D eigenvalue weighted by molar-refractivity contribution is 1.31. The lowest BCUT2D eigenvalue weighted by Crippen LogP contribution is -1.89. The first kappa shape index (κ1) is 86.1. The first-order chi connectivity index (χ1) is 71.4. The predicted molar refractivity (Wildman–Crippen MR) is 602 cm³/mol. The van der Waals surface area contributed by atoms with Gasteiger partial charge in [-0.2, -0.15) is 0 Å². The van der Waals surface area contributed by atoms with Gasteiger partial charge in [0.15, 0.2) is 0 Å². The van der Waals surface area contributed by atoms with Crippen molar-refractivity contribution in [3.63, 3.8) is 0 Å². The van der Waals surface area contributed by atoms with E-state index < -0.39 is 0 Å². The maximum Gasteiger partial charge on any atom is 0.0737 e. The molecular formula is C132H90N12. The van der Waals surface area contributed by atoms with Gasteiger partial charge in [0.2, 0.25) is 0 Å². The van der Waals surface area contributed by atoms with Crippen LogP contribution in [0.2, 0.25) is 0 Å². The smallest absolute Gasteiger partial charge is 0.0737 e. The molecule has 0 saturated heterocycles. The molecule has 0 amide bonds. The number of hydrogen-bond donors (Lipinski definition) is 6. The third kappa shape index (κ3) is 16.7. The van der Waals surface area contributed by atoms with E-state index in [0.29, 0.717) is 0 Å². The van der Waals surface area contributed by atoms with Gasteiger partial charge in [-0.3, -0.25) is 0 Å². The fourth-order valence-corrected chi connectivity index (χ4v) is 20.5. The monoisotopic (exact) mass is 1840 g/mol. The topological polar surface area (TPSA) is 172 Å². The lowest BCUT2D eigenvalue weighted by Gasteiger charge is -2.07. The summed E-state index contributed by atoms with van der Waals surface area (Å²) < 4.78 is 0. The first-order valence-electron chi connectivity index (χ1n) is 48.5. The van der Waals surface area contributed by atoms with Crippen molar-refractivity contribution >= 4 is 139 Å². The Hall–Kier alpha value is -19.6. The first-order valence-corrected chi connectivity index (χ1v) is 48.5. The van der Waals surface area contributed by atoms with Crippen LogP contribution in [0.5, 0.6) is 0 Å². The lowest BCUT2D eigenvalue weighted by atomic mass is 10.0. The van der Waals surface area contributed by atoms with Gasteiger partial charge >= 0.3 is 0 Å². The third-order valence-electron chi connectivity index (χ3n) is 27.0. The Morgan fingerprint density at radius 3 is 0.243 bits per heavy atom. The standard InChI is InChI=1S/3C44H30N4/c3*1-5-13-29(14-6-1)41-33-21-23-35(45-33)42(30-15-7-2-8-16-30)37-25-27-39(47-37)44(32-19-11-4-12-20-32)40-28-26-38(48-40)43(31-17-9-3-10-18-31)36-24-22-34(41)46-36/h3*1-28,45,48H. The van der Waals surface area contributed by atoms with Crippen molar-refractivity contribution in [1.29, 1.82) is 0 Å². The van der Waals surface area contributed by atoms with Gasteiger partial charge in [0.25, 0.3) is 0 Å². The molecular weight excluding hydrogens is 1750 g/mol. The largest absolute Gasteiger partial charge is 0.354 e. The number of H-pyrrole nitrogens is 6. The molecule has 6 aliphatic heterocycles. The summed E-state index contributed by atoms with van der Waals surface area (Å²) in [6.45, 7) is 0. The molecule has 678 valence electrons. The van der Waals surface area contributed by atoms with Crippen molar-refractivity contribution in [2.45, 2.75) is 0 Å². The molecule has 144 heavy (non-hydrogen) atoms. The highest BCUT2D eigenvalue weighted by molar-refractivity contribution is 6.06. The Labute approximate surface area is 831 Å². The number of nitrogens with zero attached hydrogens (tertiary/aromatic N) is 6. The summed E-state index contributed by atoms with van der Waals surface area (Å²) in [5.41, 5.74) is 48.5. The van der Waals surface area contributed by atoms with Crippen LogP contribution >= 0.6 is 0 Å². The maximum atomic E-state index is 5.35. The minimum absolute atomic E-state index is 0.906. The molecule has 15 heterocycles. The average molecular weight is 1840 g/mol. The van der Waals surface area contributed by atoms with Gasteiger partial charge in [-0.05, 0) is 212 Å². The van der Waals surface area contributed by atoms with Gasteiger partial charge in [-0.25, -0.2) is 29.9 Å². The van der Waals surface area contributed by atoms with Crippen LogP contribution in [0.3, 0.4) is 0 Å². The van der Waals surface area contributed by atoms with Crippen LogP contribution in [0.1, 0.15) is 68.3 Å². The molecule has 12 nitrogen and oxygen atoms in total. The van der Waals surface area contributed by atoms with E-state index in [1.165, 1.54) is 0 Å². The molecule has 6 N–H and O–H groups in total. The van der Waals surface area contributed by atoms with Crippen LogP contribution in [-0.2, 0) is 0 Å². The van der Waals surface area contributed by atoms with Crippen molar-refractivity contribution in [1.82, 2.24) is 59.8 Å². The molecule has 0 saturated carbocycles. The second kappa shape index (κ2) is 38.1. The zero-order chi connectivity index (χ0) is 95.6. The van der Waals surface area contributed by atoms with E-state index in [4.69, 9.17) is 29.9 Å². The predicted octanol–water partition coefficient (Wildman–Crippen LogP) is 34.0. The Morgan fingerprint density at radius 2 is 0.167 bits per heavy atom. The minimum Gasteiger partial charge on any atom is -0.354 e. The fourth-order valence-electron chi connectivity index (χ4n) is 20.5. The molecule has 0 radical (unpaired) electrons. The van der Waals surface area contributed by atoms with Crippen molar-refractivity contribution in [3.8, 4) is 134 Å². The van der Waals surface area contributed by atoms with Gasteiger partial charge in [0.1, 0.15) is 0 Å². The molecule has 27 rings (SSSR count). The van der Waals surface area contributed by atoms with Crippen LogP contribution in [0, 0.1) is 0 Å². The molecule has 0 unspecified atom stereocenters. The average Bonchev–Trinajstić information content (AvgIpc) is 1.62. The fraction of sp³-hybridized carbons (Fsp3) is 0. The summed E-state index contributed by atoms with van der Waals surface area (Å²) in [4.78, 5) is 54.9. The van der Waals surface area contributed by atoms with Crippen LogP contribution in [0.4, 0.5) is 0 Å². The van der Waals surface area contributed by atoms with E-state index in [2.05, 4.69) is 467 Å². The second-order valence-corrected chi connectivity index (χ2v) is 35.9. The molecule has 21 aromatic rings. The Bertz CT molecular complexity index is 7380. The summed E-state index contributed by atoms with van der Waals surface area (Å²) in [5, 5.41) is 0. The zero-order valence-corrected chi connectivity index (χ0v) is 78.2. The highest BCUT2D eigenvalue weighted by Crippen LogP contribution is 2.46. The van der Waals surface area contributed by atoms with Crippen LogP contribution in [-0.4, -0.2) is 59.8 Å². The highest BCUT2D eigenvalue weighted by Gasteiger charge is 2.26. The molecule has 0 fully saturated rings. The molecule has 0 aliphatic carbocycles. The van der Waals surface area contributed by atoms with Crippen molar-refractivity contribution < 1.29 is 0 Å². The number of aromatic amines is 6. The normalized spacial score (nSPS) is 12.0. The van der Waals surface area contributed by atoms with Gasteiger partial charge in [-0.15, -0.1) is 0 Å². The third-order valence-corrected chi connectivity index (χ3v) is 27.0. The van der Waals surface area contributed by atoms with Crippen LogP contribution < -0.4 is 0 Å². The molecule has 12 aromatic carbocycles. The van der Waals surface area contributed by atoms with E-state index in [9.17, 15) is 0 Å². The van der Waals surface area contributed by atoms with Crippen LogP contribution in [0.15, 0.2) is 437 Å². The summed E-state index contributed by atoms with van der Waals surface area (Å²) in [6.07, 6.45) is 25.6. The van der Waals surface area contributed by atoms with Gasteiger partial charge in [0, 0.05) is 133 Å². The zero-order valence-electron chi connectivity index (χ0n) is 78.2. The summed E-state index contributed by atoms with van der Waals surface area (Å²) in [6, 6.07) is 152. The molecule has 0 atom stereocenters.